The summed E-state index contributed by atoms with van der Waals surface area (Å²) in [6.45, 7) is 5.47. The third-order valence-electron chi connectivity index (χ3n) is 4.39. The molecule has 0 unspecified atom stereocenters. The maximum absolute atomic E-state index is 12.9. The second-order valence-electron chi connectivity index (χ2n) is 6.05. The molecule has 134 valence electrons. The minimum absolute atomic E-state index is 0.249. The number of ether oxygens (including phenoxy) is 1. The van der Waals surface area contributed by atoms with Crippen LogP contribution in [0, 0.1) is 6.92 Å². The van der Waals surface area contributed by atoms with Gasteiger partial charge in [-0.15, -0.1) is 0 Å². The molecule has 0 bridgehead atoms. The Labute approximate surface area is 144 Å². The number of allylic oxidation sites excluding steroid dienone is 2. The molecule has 3 aromatic rings. The molecule has 0 N–H and O–H groups in total. The summed E-state index contributed by atoms with van der Waals surface area (Å²) in [5, 5.41) is 0. The van der Waals surface area contributed by atoms with E-state index in [0.29, 0.717) is 23.5 Å². The van der Waals surface area contributed by atoms with Crippen LogP contribution in [0.4, 0.5) is 0 Å². The Morgan fingerprint density at radius 2 is 2.04 bits per heavy atom. The number of hydrogen-bond acceptors (Lipinski definition) is 4. The highest BCUT2D eigenvalue weighted by Crippen LogP contribution is 2.16. The highest BCUT2D eigenvalue weighted by molar-refractivity contribution is 5.75. The lowest BCUT2D eigenvalue weighted by Crippen LogP contribution is -2.39. The van der Waals surface area contributed by atoms with E-state index >= 15 is 0 Å². The summed E-state index contributed by atoms with van der Waals surface area (Å²) < 4.78 is 11.6. The van der Waals surface area contributed by atoms with Gasteiger partial charge in [0.1, 0.15) is 0 Å². The summed E-state index contributed by atoms with van der Waals surface area (Å²) in [6.07, 6.45) is 6.34. The zero-order valence-corrected chi connectivity index (χ0v) is 15.0. The first kappa shape index (κ1) is 17.2. The number of aromatic nitrogens is 5. The third kappa shape index (κ3) is 2.72. The monoisotopic (exact) mass is 345 g/mol. The molecule has 0 aliphatic heterocycles. The molecule has 0 aromatic carbocycles. The Hall–Kier alpha value is -2.61. The number of imidazole rings is 2. The summed E-state index contributed by atoms with van der Waals surface area (Å²) in [6, 6.07) is 0. The predicted octanol–water partition coefficient (Wildman–Crippen LogP) is 1.07. The Kier molecular flexibility index (Phi) is 4.63. The Morgan fingerprint density at radius 1 is 1.28 bits per heavy atom. The molecular formula is C17H23N5O3. The summed E-state index contributed by atoms with van der Waals surface area (Å²) in [7, 11) is 3.32. The molecule has 0 amide bonds. The molecule has 0 aliphatic rings. The number of rotatable bonds is 6. The fourth-order valence-corrected chi connectivity index (χ4v) is 3.07. The van der Waals surface area contributed by atoms with Crippen molar-refractivity contribution in [2.45, 2.75) is 33.4 Å². The molecule has 8 heteroatoms. The number of nitrogens with zero attached hydrogens (tertiary/aromatic N) is 5. The van der Waals surface area contributed by atoms with Crippen LogP contribution < -0.4 is 11.2 Å². The van der Waals surface area contributed by atoms with Gasteiger partial charge < -0.3 is 9.30 Å². The molecular weight excluding hydrogens is 322 g/mol. The minimum Gasteiger partial charge on any atom is -0.385 e. The molecule has 0 radical (unpaired) electrons. The van der Waals surface area contributed by atoms with Crippen molar-refractivity contribution in [2.24, 2.45) is 7.05 Å². The van der Waals surface area contributed by atoms with Crippen LogP contribution >= 0.6 is 0 Å². The first-order valence-corrected chi connectivity index (χ1v) is 8.29. The van der Waals surface area contributed by atoms with Crippen molar-refractivity contribution in [1.82, 2.24) is 23.1 Å². The molecule has 25 heavy (non-hydrogen) atoms. The number of aryl methyl sites for hydroxylation is 3. The van der Waals surface area contributed by atoms with E-state index in [-0.39, 0.29) is 17.8 Å². The smallest absolute Gasteiger partial charge is 0.332 e. The zero-order valence-electron chi connectivity index (χ0n) is 15.0. The summed E-state index contributed by atoms with van der Waals surface area (Å²) in [5.74, 6) is 0.666. The third-order valence-corrected chi connectivity index (χ3v) is 4.39. The predicted molar refractivity (Wildman–Crippen MR) is 96.2 cm³/mol. The maximum atomic E-state index is 12.9. The van der Waals surface area contributed by atoms with Gasteiger partial charge in [0.25, 0.3) is 5.56 Å². The highest BCUT2D eigenvalue weighted by Gasteiger charge is 2.19. The van der Waals surface area contributed by atoms with E-state index in [1.807, 2.05) is 30.7 Å². The molecule has 0 atom stereocenters. The van der Waals surface area contributed by atoms with Gasteiger partial charge in [-0.25, -0.2) is 4.79 Å². The largest absolute Gasteiger partial charge is 0.385 e. The van der Waals surface area contributed by atoms with Crippen LogP contribution in [0.3, 0.4) is 0 Å². The van der Waals surface area contributed by atoms with Gasteiger partial charge in [0.2, 0.25) is 5.78 Å². The zero-order chi connectivity index (χ0) is 18.1. The number of methoxy groups -OCH3 is 1. The van der Waals surface area contributed by atoms with Crippen LogP contribution in [-0.4, -0.2) is 36.8 Å². The summed E-state index contributed by atoms with van der Waals surface area (Å²) in [4.78, 5) is 30.0. The SMILES string of the molecule is C/C=C/Cn1c(=O)c2c(nc3n(CCCOC)c(C)cn23)n(C)c1=O. The minimum atomic E-state index is -0.362. The van der Waals surface area contributed by atoms with Crippen molar-refractivity contribution < 1.29 is 4.74 Å². The van der Waals surface area contributed by atoms with E-state index in [0.717, 1.165) is 18.7 Å². The van der Waals surface area contributed by atoms with Gasteiger partial charge in [-0.1, -0.05) is 12.2 Å². The molecule has 0 fully saturated rings. The highest BCUT2D eigenvalue weighted by atomic mass is 16.5. The average Bonchev–Trinajstić information content (AvgIpc) is 3.09. The number of fused-ring (bicyclic) bond motifs is 3. The summed E-state index contributed by atoms with van der Waals surface area (Å²) >= 11 is 0. The fraction of sp³-hybridized carbons (Fsp3) is 0.471. The van der Waals surface area contributed by atoms with Gasteiger partial charge >= 0.3 is 5.69 Å². The lowest BCUT2D eigenvalue weighted by molar-refractivity contribution is 0.190. The van der Waals surface area contributed by atoms with Gasteiger partial charge in [-0.05, 0) is 20.3 Å². The van der Waals surface area contributed by atoms with Gasteiger partial charge in [0.05, 0.1) is 0 Å². The second-order valence-corrected chi connectivity index (χ2v) is 6.05. The molecule has 3 aromatic heterocycles. The van der Waals surface area contributed by atoms with Crippen molar-refractivity contribution in [3.63, 3.8) is 0 Å². The van der Waals surface area contributed by atoms with Gasteiger partial charge in [-0.3, -0.25) is 18.3 Å². The van der Waals surface area contributed by atoms with Crippen LogP contribution in [0.25, 0.3) is 16.9 Å². The molecule has 0 saturated carbocycles. The first-order chi connectivity index (χ1) is 12.0. The van der Waals surface area contributed by atoms with E-state index in [9.17, 15) is 9.59 Å². The van der Waals surface area contributed by atoms with Crippen LogP contribution in [-0.2, 0) is 24.9 Å². The van der Waals surface area contributed by atoms with Crippen molar-refractivity contribution in [3.05, 3.63) is 44.9 Å². The second kappa shape index (κ2) is 6.72. The van der Waals surface area contributed by atoms with Crippen molar-refractivity contribution >= 4 is 16.9 Å². The fourth-order valence-electron chi connectivity index (χ4n) is 3.07. The molecule has 3 rings (SSSR count). The topological polar surface area (TPSA) is 75.5 Å². The molecule has 0 saturated heterocycles. The lowest BCUT2D eigenvalue weighted by Gasteiger charge is -2.06. The quantitative estimate of drug-likeness (QED) is 0.495. The van der Waals surface area contributed by atoms with Crippen molar-refractivity contribution in [1.29, 1.82) is 0 Å². The lowest BCUT2D eigenvalue weighted by atomic mass is 10.4. The summed E-state index contributed by atoms with van der Waals surface area (Å²) in [5.41, 5.74) is 1.16. The van der Waals surface area contributed by atoms with E-state index < -0.39 is 0 Å². The number of hydrogen-bond donors (Lipinski definition) is 0. The normalized spacial score (nSPS) is 12.2. The van der Waals surface area contributed by atoms with Gasteiger partial charge in [0, 0.05) is 45.7 Å². The van der Waals surface area contributed by atoms with E-state index in [1.54, 1.807) is 24.6 Å². The molecule has 0 aliphatic carbocycles. The Balaban J connectivity index is 2.28. The van der Waals surface area contributed by atoms with Crippen LogP contribution in [0.15, 0.2) is 27.9 Å². The standard InChI is InChI=1S/C17H23N5O3/c1-5-6-8-21-15(23)13-14(19(3)17(21)24)18-16-20(9-7-10-25-4)12(2)11-22(13)16/h5-6,11H,7-10H2,1-4H3/b6-5+. The molecule has 8 nitrogen and oxygen atoms in total. The van der Waals surface area contributed by atoms with Crippen molar-refractivity contribution in [3.8, 4) is 0 Å². The Bertz CT molecular complexity index is 1060. The van der Waals surface area contributed by atoms with Crippen LogP contribution in [0.5, 0.6) is 0 Å². The van der Waals surface area contributed by atoms with Gasteiger partial charge in [0.15, 0.2) is 11.2 Å². The maximum Gasteiger partial charge on any atom is 0.332 e. The molecule has 3 heterocycles. The van der Waals surface area contributed by atoms with Crippen LogP contribution in [0.2, 0.25) is 0 Å². The van der Waals surface area contributed by atoms with Gasteiger partial charge in [-0.2, -0.15) is 4.98 Å². The van der Waals surface area contributed by atoms with E-state index in [2.05, 4.69) is 4.98 Å². The van der Waals surface area contributed by atoms with Crippen molar-refractivity contribution in [2.75, 3.05) is 13.7 Å². The van der Waals surface area contributed by atoms with Crippen LogP contribution in [0.1, 0.15) is 19.0 Å². The molecule has 0 spiro atoms. The average molecular weight is 345 g/mol. The van der Waals surface area contributed by atoms with E-state index in [1.165, 1.54) is 9.13 Å². The first-order valence-electron chi connectivity index (χ1n) is 8.29. The van der Waals surface area contributed by atoms with E-state index in [4.69, 9.17) is 4.74 Å². The Morgan fingerprint density at radius 3 is 2.72 bits per heavy atom.